The van der Waals surface area contributed by atoms with E-state index in [1.165, 1.54) is 0 Å². The van der Waals surface area contributed by atoms with Gasteiger partial charge < -0.3 is 14.8 Å². The Morgan fingerprint density at radius 3 is 2.89 bits per heavy atom. The van der Waals surface area contributed by atoms with Crippen LogP contribution in [0.3, 0.4) is 0 Å². The van der Waals surface area contributed by atoms with Gasteiger partial charge in [0.2, 0.25) is 0 Å². The second-order valence-electron chi connectivity index (χ2n) is 5.20. The predicted octanol–water partition coefficient (Wildman–Crippen LogP) is 1.61. The lowest BCUT2D eigenvalue weighted by Gasteiger charge is -2.34. The van der Waals surface area contributed by atoms with E-state index in [1.54, 1.807) is 0 Å². The number of para-hydroxylation sites is 1. The van der Waals surface area contributed by atoms with Crippen LogP contribution in [-0.4, -0.2) is 41.1 Å². The van der Waals surface area contributed by atoms with E-state index in [2.05, 4.69) is 12.2 Å². The number of carbonyl (C=O) groups excluding carboxylic acids is 1. The SMILES string of the molecule is C[C@H]1CNCCN1C(=O)c1cc2ccccc2n1C. The number of hydrogen-bond acceptors (Lipinski definition) is 2. The van der Waals surface area contributed by atoms with Crippen LogP contribution >= 0.6 is 0 Å². The van der Waals surface area contributed by atoms with Gasteiger partial charge >= 0.3 is 0 Å². The zero-order valence-electron chi connectivity index (χ0n) is 11.4. The number of amides is 1. The third-order valence-electron chi connectivity index (χ3n) is 3.93. The van der Waals surface area contributed by atoms with Crippen molar-refractivity contribution in [2.24, 2.45) is 7.05 Å². The standard InChI is InChI=1S/C15H19N3O/c1-11-10-16-7-8-18(11)15(19)14-9-12-5-3-4-6-13(12)17(14)2/h3-6,9,11,16H,7-8,10H2,1-2H3/t11-/m0/s1. The largest absolute Gasteiger partial charge is 0.340 e. The van der Waals surface area contributed by atoms with E-state index in [4.69, 9.17) is 0 Å². The highest BCUT2D eigenvalue weighted by Crippen LogP contribution is 2.20. The maximum atomic E-state index is 12.7. The number of aryl methyl sites for hydroxylation is 1. The van der Waals surface area contributed by atoms with E-state index in [0.717, 1.165) is 36.2 Å². The van der Waals surface area contributed by atoms with Gasteiger partial charge in [-0.1, -0.05) is 18.2 Å². The molecule has 2 aromatic rings. The molecule has 100 valence electrons. The molecule has 1 aromatic heterocycles. The Morgan fingerprint density at radius 1 is 1.37 bits per heavy atom. The molecule has 0 unspecified atom stereocenters. The van der Waals surface area contributed by atoms with Crippen LogP contribution in [0.1, 0.15) is 17.4 Å². The van der Waals surface area contributed by atoms with Crippen molar-refractivity contribution in [2.45, 2.75) is 13.0 Å². The quantitative estimate of drug-likeness (QED) is 0.843. The van der Waals surface area contributed by atoms with Crippen LogP contribution in [0, 0.1) is 0 Å². The molecule has 3 rings (SSSR count). The summed E-state index contributed by atoms with van der Waals surface area (Å²) >= 11 is 0. The highest BCUT2D eigenvalue weighted by Gasteiger charge is 2.26. The smallest absolute Gasteiger partial charge is 0.270 e. The van der Waals surface area contributed by atoms with Crippen LogP contribution < -0.4 is 5.32 Å². The Balaban J connectivity index is 1.99. The van der Waals surface area contributed by atoms with E-state index in [9.17, 15) is 4.79 Å². The summed E-state index contributed by atoms with van der Waals surface area (Å²) in [6.45, 7) is 4.62. The molecule has 0 bridgehead atoms. The lowest BCUT2D eigenvalue weighted by molar-refractivity contribution is 0.0646. The first-order valence-electron chi connectivity index (χ1n) is 6.74. The molecule has 1 fully saturated rings. The Bertz CT molecular complexity index is 617. The molecule has 0 spiro atoms. The van der Waals surface area contributed by atoms with Crippen molar-refractivity contribution in [3.63, 3.8) is 0 Å². The minimum absolute atomic E-state index is 0.132. The summed E-state index contributed by atoms with van der Waals surface area (Å²) in [4.78, 5) is 14.6. The van der Waals surface area contributed by atoms with Gasteiger partial charge in [0.25, 0.3) is 5.91 Å². The number of nitrogens with zero attached hydrogens (tertiary/aromatic N) is 2. The Morgan fingerprint density at radius 2 is 2.16 bits per heavy atom. The molecule has 1 aliphatic heterocycles. The average molecular weight is 257 g/mol. The topological polar surface area (TPSA) is 37.3 Å². The van der Waals surface area contributed by atoms with Gasteiger partial charge in [-0.2, -0.15) is 0 Å². The average Bonchev–Trinajstić information content (AvgIpc) is 2.77. The second kappa shape index (κ2) is 4.70. The Hall–Kier alpha value is -1.81. The number of aromatic nitrogens is 1. The number of carbonyl (C=O) groups is 1. The summed E-state index contributed by atoms with van der Waals surface area (Å²) in [7, 11) is 1.96. The molecule has 4 heteroatoms. The summed E-state index contributed by atoms with van der Waals surface area (Å²) < 4.78 is 1.99. The van der Waals surface area contributed by atoms with Crippen molar-refractivity contribution in [3.8, 4) is 0 Å². The number of benzene rings is 1. The van der Waals surface area contributed by atoms with E-state index < -0.39 is 0 Å². The number of hydrogen-bond donors (Lipinski definition) is 1. The van der Waals surface area contributed by atoms with Crippen molar-refractivity contribution in [2.75, 3.05) is 19.6 Å². The second-order valence-corrected chi connectivity index (χ2v) is 5.20. The molecule has 1 atom stereocenters. The zero-order chi connectivity index (χ0) is 13.4. The third-order valence-corrected chi connectivity index (χ3v) is 3.93. The van der Waals surface area contributed by atoms with Gasteiger partial charge in [-0.25, -0.2) is 0 Å². The van der Waals surface area contributed by atoms with Crippen molar-refractivity contribution in [3.05, 3.63) is 36.0 Å². The fraction of sp³-hybridized carbons (Fsp3) is 0.400. The van der Waals surface area contributed by atoms with Gasteiger partial charge in [0, 0.05) is 43.6 Å². The van der Waals surface area contributed by atoms with Crippen molar-refractivity contribution >= 4 is 16.8 Å². The molecule has 1 saturated heterocycles. The van der Waals surface area contributed by atoms with Crippen molar-refractivity contribution in [1.82, 2.24) is 14.8 Å². The number of piperazine rings is 1. The van der Waals surface area contributed by atoms with Crippen molar-refractivity contribution < 1.29 is 4.79 Å². The van der Waals surface area contributed by atoms with Gasteiger partial charge in [0.05, 0.1) is 0 Å². The van der Waals surface area contributed by atoms with Crippen LogP contribution in [0.25, 0.3) is 10.9 Å². The third kappa shape index (κ3) is 2.02. The molecule has 19 heavy (non-hydrogen) atoms. The van der Waals surface area contributed by atoms with Crippen LogP contribution in [-0.2, 0) is 7.05 Å². The highest BCUT2D eigenvalue weighted by molar-refractivity contribution is 5.98. The molecule has 1 aliphatic rings. The highest BCUT2D eigenvalue weighted by atomic mass is 16.2. The molecular weight excluding hydrogens is 238 g/mol. The lowest BCUT2D eigenvalue weighted by atomic mass is 10.2. The number of nitrogens with one attached hydrogen (secondary N) is 1. The maximum Gasteiger partial charge on any atom is 0.270 e. The molecule has 0 radical (unpaired) electrons. The Labute approximate surface area is 113 Å². The van der Waals surface area contributed by atoms with Gasteiger partial charge in [0.1, 0.15) is 5.69 Å². The molecule has 1 N–H and O–H groups in total. The molecule has 2 heterocycles. The van der Waals surface area contributed by atoms with Gasteiger partial charge in [-0.15, -0.1) is 0 Å². The van der Waals surface area contributed by atoms with Crippen molar-refractivity contribution in [1.29, 1.82) is 0 Å². The molecule has 1 aromatic carbocycles. The van der Waals surface area contributed by atoms with Gasteiger partial charge in [0.15, 0.2) is 0 Å². The molecule has 0 aliphatic carbocycles. The van der Waals surface area contributed by atoms with Crippen LogP contribution in [0.4, 0.5) is 0 Å². The predicted molar refractivity (Wildman–Crippen MR) is 76.3 cm³/mol. The fourth-order valence-corrected chi connectivity index (χ4v) is 2.78. The normalized spacial score (nSPS) is 19.9. The van der Waals surface area contributed by atoms with Crippen LogP contribution in [0.5, 0.6) is 0 Å². The van der Waals surface area contributed by atoms with Gasteiger partial charge in [-0.3, -0.25) is 4.79 Å². The van der Waals surface area contributed by atoms with E-state index >= 15 is 0 Å². The first kappa shape index (κ1) is 12.2. The summed E-state index contributed by atoms with van der Waals surface area (Å²) in [5.41, 5.74) is 1.88. The van der Waals surface area contributed by atoms with E-state index in [1.807, 2.05) is 46.8 Å². The van der Waals surface area contributed by atoms with E-state index in [0.29, 0.717) is 0 Å². The molecular formula is C15H19N3O. The maximum absolute atomic E-state index is 12.7. The van der Waals surface area contributed by atoms with Gasteiger partial charge in [-0.05, 0) is 19.1 Å². The zero-order valence-corrected chi connectivity index (χ0v) is 11.4. The fourth-order valence-electron chi connectivity index (χ4n) is 2.78. The summed E-state index contributed by atoms with van der Waals surface area (Å²) in [6, 6.07) is 10.3. The Kier molecular flexibility index (Phi) is 3.03. The summed E-state index contributed by atoms with van der Waals surface area (Å²) in [5, 5.41) is 4.43. The molecule has 1 amide bonds. The minimum atomic E-state index is 0.132. The summed E-state index contributed by atoms with van der Waals surface area (Å²) in [6.07, 6.45) is 0. The lowest BCUT2D eigenvalue weighted by Crippen LogP contribution is -2.52. The molecule has 4 nitrogen and oxygen atoms in total. The number of fused-ring (bicyclic) bond motifs is 1. The first-order valence-corrected chi connectivity index (χ1v) is 6.74. The summed E-state index contributed by atoms with van der Waals surface area (Å²) in [5.74, 6) is 0.132. The van der Waals surface area contributed by atoms with E-state index in [-0.39, 0.29) is 11.9 Å². The monoisotopic (exact) mass is 257 g/mol. The van der Waals surface area contributed by atoms with Crippen LogP contribution in [0.15, 0.2) is 30.3 Å². The van der Waals surface area contributed by atoms with Crippen LogP contribution in [0.2, 0.25) is 0 Å². The minimum Gasteiger partial charge on any atom is -0.340 e. The first-order chi connectivity index (χ1) is 9.18. The molecule has 0 saturated carbocycles. The number of rotatable bonds is 1.